The lowest BCUT2D eigenvalue weighted by Crippen LogP contribution is -1.89. The predicted molar refractivity (Wildman–Crippen MR) is 80.7 cm³/mol. The van der Waals surface area contributed by atoms with Crippen molar-refractivity contribution in [3.8, 4) is 28.5 Å². The molecule has 0 aliphatic carbocycles. The van der Waals surface area contributed by atoms with E-state index < -0.39 is 4.92 Å². The third-order valence-corrected chi connectivity index (χ3v) is 3.37. The summed E-state index contributed by atoms with van der Waals surface area (Å²) in [6, 6.07) is 10.8. The number of nitro benzene ring substituents is 1. The molecule has 22 heavy (non-hydrogen) atoms. The molecule has 0 saturated heterocycles. The van der Waals surface area contributed by atoms with Crippen LogP contribution in [0.1, 0.15) is 0 Å². The second-order valence-electron chi connectivity index (χ2n) is 4.50. The number of nitro groups is 1. The van der Waals surface area contributed by atoms with E-state index in [0.717, 1.165) is 5.56 Å². The monoisotopic (exact) mass is 316 g/mol. The number of aromatic nitrogens is 1. The summed E-state index contributed by atoms with van der Waals surface area (Å²) in [4.78, 5) is 14.5. The van der Waals surface area contributed by atoms with Gasteiger partial charge < -0.3 is 9.52 Å². The van der Waals surface area contributed by atoms with Gasteiger partial charge in [-0.15, -0.1) is 0 Å². The van der Waals surface area contributed by atoms with Crippen molar-refractivity contribution in [1.29, 1.82) is 0 Å². The largest absolute Gasteiger partial charge is 0.508 e. The molecule has 6 nitrogen and oxygen atoms in total. The Morgan fingerprint density at radius 1 is 1.14 bits per heavy atom. The Labute approximate surface area is 129 Å². The van der Waals surface area contributed by atoms with Crippen LogP contribution >= 0.6 is 11.6 Å². The van der Waals surface area contributed by atoms with Gasteiger partial charge in [0.05, 0.1) is 11.1 Å². The fourth-order valence-corrected chi connectivity index (χ4v) is 2.14. The fraction of sp³-hybridized carbons (Fsp3) is 0. The number of hydrogen-bond acceptors (Lipinski definition) is 5. The molecular weight excluding hydrogens is 308 g/mol. The van der Waals surface area contributed by atoms with Crippen molar-refractivity contribution >= 4 is 17.3 Å². The number of phenols is 1. The van der Waals surface area contributed by atoms with Crippen LogP contribution in [0.2, 0.25) is 5.02 Å². The van der Waals surface area contributed by atoms with E-state index in [1.165, 1.54) is 30.5 Å². The van der Waals surface area contributed by atoms with Crippen LogP contribution in [0.5, 0.6) is 5.75 Å². The van der Waals surface area contributed by atoms with E-state index in [-0.39, 0.29) is 22.4 Å². The molecule has 3 rings (SSSR count). The van der Waals surface area contributed by atoms with Crippen molar-refractivity contribution in [3.63, 3.8) is 0 Å². The van der Waals surface area contributed by atoms with Crippen LogP contribution in [0.15, 0.2) is 53.1 Å². The maximum absolute atomic E-state index is 10.9. The summed E-state index contributed by atoms with van der Waals surface area (Å²) in [5.74, 6) is 0.896. The van der Waals surface area contributed by atoms with E-state index in [4.69, 9.17) is 16.0 Å². The molecule has 110 valence electrons. The Morgan fingerprint density at radius 3 is 2.50 bits per heavy atom. The summed E-state index contributed by atoms with van der Waals surface area (Å²) in [6.07, 6.45) is 1.52. The Balaban J connectivity index is 1.99. The highest BCUT2D eigenvalue weighted by atomic mass is 35.5. The lowest BCUT2D eigenvalue weighted by Gasteiger charge is -1.99. The van der Waals surface area contributed by atoms with Crippen LogP contribution in [0.25, 0.3) is 22.8 Å². The number of halogens is 1. The first-order valence-corrected chi connectivity index (χ1v) is 6.62. The zero-order chi connectivity index (χ0) is 15.7. The van der Waals surface area contributed by atoms with Crippen LogP contribution in [0.3, 0.4) is 0 Å². The number of benzene rings is 2. The molecule has 0 unspecified atom stereocenters. The van der Waals surface area contributed by atoms with Crippen molar-refractivity contribution in [2.45, 2.75) is 0 Å². The third-order valence-electron chi connectivity index (χ3n) is 3.05. The van der Waals surface area contributed by atoms with Crippen molar-refractivity contribution in [2.24, 2.45) is 0 Å². The number of phenolic OH excluding ortho intramolecular Hbond substituents is 1. The molecule has 2 aromatic carbocycles. The number of nitrogens with zero attached hydrogens (tertiary/aromatic N) is 2. The van der Waals surface area contributed by atoms with E-state index in [1.807, 2.05) is 0 Å². The Bertz CT molecular complexity index is 843. The Hall–Kier alpha value is -2.86. The number of hydrogen-bond donors (Lipinski definition) is 1. The number of rotatable bonds is 3. The van der Waals surface area contributed by atoms with Gasteiger partial charge in [-0.05, 0) is 36.4 Å². The van der Waals surface area contributed by atoms with Crippen LogP contribution < -0.4 is 0 Å². The minimum absolute atomic E-state index is 0.0547. The van der Waals surface area contributed by atoms with Crippen molar-refractivity contribution in [1.82, 2.24) is 4.98 Å². The summed E-state index contributed by atoms with van der Waals surface area (Å²) in [7, 11) is 0. The molecule has 0 spiro atoms. The lowest BCUT2D eigenvalue weighted by atomic mass is 10.2. The zero-order valence-corrected chi connectivity index (χ0v) is 11.8. The minimum atomic E-state index is -0.560. The SMILES string of the molecule is O=[N+]([O-])c1cc(-c2ncc(-c3ccc(O)cc3)o2)ccc1Cl. The highest BCUT2D eigenvalue weighted by Gasteiger charge is 2.16. The van der Waals surface area contributed by atoms with Crippen molar-refractivity contribution in [3.05, 3.63) is 63.8 Å². The molecular formula is C15H9ClN2O4. The van der Waals surface area contributed by atoms with E-state index in [1.54, 1.807) is 18.2 Å². The van der Waals surface area contributed by atoms with Gasteiger partial charge in [-0.1, -0.05) is 11.6 Å². The Kier molecular flexibility index (Phi) is 3.52. The molecule has 0 aliphatic rings. The molecule has 0 saturated carbocycles. The fourth-order valence-electron chi connectivity index (χ4n) is 1.95. The number of aromatic hydroxyl groups is 1. The highest BCUT2D eigenvalue weighted by Crippen LogP contribution is 2.32. The first kappa shape index (κ1) is 14.1. The molecule has 0 bridgehead atoms. The normalized spacial score (nSPS) is 10.6. The minimum Gasteiger partial charge on any atom is -0.508 e. The van der Waals surface area contributed by atoms with E-state index in [9.17, 15) is 15.2 Å². The summed E-state index contributed by atoms with van der Waals surface area (Å²) in [5.41, 5.74) is 0.990. The predicted octanol–water partition coefficient (Wildman–Crippen LogP) is 4.28. The van der Waals surface area contributed by atoms with Gasteiger partial charge in [-0.25, -0.2) is 4.98 Å². The van der Waals surface area contributed by atoms with E-state index >= 15 is 0 Å². The van der Waals surface area contributed by atoms with Gasteiger partial charge >= 0.3 is 0 Å². The molecule has 0 fully saturated rings. The highest BCUT2D eigenvalue weighted by molar-refractivity contribution is 6.32. The van der Waals surface area contributed by atoms with Crippen LogP contribution in [-0.2, 0) is 0 Å². The molecule has 1 aromatic heterocycles. The van der Waals surface area contributed by atoms with Crippen LogP contribution in [0, 0.1) is 10.1 Å². The molecule has 7 heteroatoms. The van der Waals surface area contributed by atoms with E-state index in [0.29, 0.717) is 11.3 Å². The van der Waals surface area contributed by atoms with Gasteiger partial charge in [0.25, 0.3) is 5.69 Å². The van der Waals surface area contributed by atoms with Gasteiger partial charge in [0, 0.05) is 17.2 Å². The maximum Gasteiger partial charge on any atom is 0.288 e. The Morgan fingerprint density at radius 2 is 1.82 bits per heavy atom. The summed E-state index contributed by atoms with van der Waals surface area (Å²) < 4.78 is 5.61. The average molecular weight is 317 g/mol. The quantitative estimate of drug-likeness (QED) is 0.575. The van der Waals surface area contributed by atoms with Crippen molar-refractivity contribution in [2.75, 3.05) is 0 Å². The van der Waals surface area contributed by atoms with Crippen LogP contribution in [0.4, 0.5) is 5.69 Å². The van der Waals surface area contributed by atoms with Crippen molar-refractivity contribution < 1.29 is 14.4 Å². The van der Waals surface area contributed by atoms with Crippen LogP contribution in [-0.4, -0.2) is 15.0 Å². The summed E-state index contributed by atoms with van der Waals surface area (Å²) in [6.45, 7) is 0. The second kappa shape index (κ2) is 5.50. The third kappa shape index (κ3) is 2.64. The summed E-state index contributed by atoms with van der Waals surface area (Å²) >= 11 is 5.78. The van der Waals surface area contributed by atoms with Gasteiger partial charge in [-0.2, -0.15) is 0 Å². The molecule has 0 radical (unpaired) electrons. The molecule has 0 aliphatic heterocycles. The molecule has 1 heterocycles. The van der Waals surface area contributed by atoms with Gasteiger partial charge in [0.15, 0.2) is 5.76 Å². The smallest absolute Gasteiger partial charge is 0.288 e. The molecule has 0 amide bonds. The summed E-state index contributed by atoms with van der Waals surface area (Å²) in [5, 5.41) is 20.2. The standard InChI is InChI=1S/C15H9ClN2O4/c16-12-6-3-10(7-13(12)18(20)21)15-17-8-14(22-15)9-1-4-11(19)5-2-9/h1-8,19H. The van der Waals surface area contributed by atoms with Gasteiger partial charge in [0.2, 0.25) is 5.89 Å². The first-order chi connectivity index (χ1) is 10.5. The molecule has 0 atom stereocenters. The topological polar surface area (TPSA) is 89.4 Å². The average Bonchev–Trinajstić information content (AvgIpc) is 2.98. The van der Waals surface area contributed by atoms with Gasteiger partial charge in [0.1, 0.15) is 10.8 Å². The maximum atomic E-state index is 10.9. The first-order valence-electron chi connectivity index (χ1n) is 6.24. The zero-order valence-electron chi connectivity index (χ0n) is 11.1. The molecule has 3 aromatic rings. The lowest BCUT2D eigenvalue weighted by molar-refractivity contribution is -0.384. The second-order valence-corrected chi connectivity index (χ2v) is 4.91. The van der Waals surface area contributed by atoms with Gasteiger partial charge in [-0.3, -0.25) is 10.1 Å². The van der Waals surface area contributed by atoms with E-state index in [2.05, 4.69) is 4.98 Å². The molecule has 1 N–H and O–H groups in total. The number of oxazole rings is 1.